The van der Waals surface area contributed by atoms with Crippen molar-refractivity contribution in [1.82, 2.24) is 0 Å². The van der Waals surface area contributed by atoms with Gasteiger partial charge in [-0.15, -0.1) is 0 Å². The lowest BCUT2D eigenvalue weighted by Gasteiger charge is -2.09. The Kier molecular flexibility index (Phi) is 5.25. The van der Waals surface area contributed by atoms with Gasteiger partial charge in [0.05, 0.1) is 12.0 Å². The van der Waals surface area contributed by atoms with Crippen LogP contribution >= 0.6 is 11.8 Å². The topological polar surface area (TPSA) is 55.4 Å². The summed E-state index contributed by atoms with van der Waals surface area (Å²) in [6, 6.07) is 11.7. The molecule has 0 aliphatic rings. The van der Waals surface area contributed by atoms with Crippen LogP contribution in [-0.4, -0.2) is 21.3 Å². The van der Waals surface area contributed by atoms with Gasteiger partial charge in [0, 0.05) is 10.6 Å². The van der Waals surface area contributed by atoms with E-state index in [0.29, 0.717) is 28.1 Å². The van der Waals surface area contributed by atoms with Gasteiger partial charge in [0.25, 0.3) is 15.8 Å². The number of rotatable bonds is 6. The summed E-state index contributed by atoms with van der Waals surface area (Å²) in [5, 5.41) is 0. The summed E-state index contributed by atoms with van der Waals surface area (Å²) in [4.78, 5) is 0.446. The van der Waals surface area contributed by atoms with E-state index in [-0.39, 0.29) is 4.90 Å². The molecule has 0 spiro atoms. The second kappa shape index (κ2) is 6.97. The Balaban J connectivity index is 2.13. The minimum atomic E-state index is -3.73. The molecule has 22 heavy (non-hydrogen) atoms. The first kappa shape index (κ1) is 16.6. The summed E-state index contributed by atoms with van der Waals surface area (Å²) in [5.41, 5.74) is 0.300. The zero-order valence-electron chi connectivity index (χ0n) is 11.5. The van der Waals surface area contributed by atoms with E-state index in [4.69, 9.17) is 4.74 Å². The van der Waals surface area contributed by atoms with Crippen molar-refractivity contribution in [3.8, 4) is 5.75 Å². The third-order valence-corrected chi connectivity index (χ3v) is 4.82. The second-order valence-corrected chi connectivity index (χ2v) is 6.93. The lowest BCUT2D eigenvalue weighted by molar-refractivity contribution is 0.252. The fourth-order valence-electron chi connectivity index (χ4n) is 1.67. The first-order chi connectivity index (χ1) is 10.4. The van der Waals surface area contributed by atoms with Gasteiger partial charge in [0.2, 0.25) is 0 Å². The van der Waals surface area contributed by atoms with Crippen molar-refractivity contribution in [1.29, 1.82) is 0 Å². The lowest BCUT2D eigenvalue weighted by Crippen LogP contribution is -2.12. The summed E-state index contributed by atoms with van der Waals surface area (Å²) in [6.45, 7) is 0. The number of anilines is 1. The molecule has 4 nitrogen and oxygen atoms in total. The number of alkyl halides is 2. The molecule has 0 unspecified atom stereocenters. The predicted octanol–water partition coefficient (Wildman–Crippen LogP) is 3.81. The number of nitrogens with one attached hydrogen (secondary N) is 1. The first-order valence-corrected chi connectivity index (χ1v) is 8.49. The van der Waals surface area contributed by atoms with E-state index in [1.165, 1.54) is 55.6 Å². The Morgan fingerprint density at radius 1 is 1.05 bits per heavy atom. The molecule has 2 rings (SSSR count). The maximum absolute atomic E-state index is 12.2. The molecule has 118 valence electrons. The third kappa shape index (κ3) is 4.35. The molecular weight excluding hydrogens is 332 g/mol. The summed E-state index contributed by atoms with van der Waals surface area (Å²) < 4.78 is 56.2. The van der Waals surface area contributed by atoms with Crippen LogP contribution in [0.3, 0.4) is 0 Å². The van der Waals surface area contributed by atoms with E-state index < -0.39 is 15.8 Å². The van der Waals surface area contributed by atoms with Crippen LogP contribution < -0.4 is 9.46 Å². The van der Waals surface area contributed by atoms with E-state index in [1.54, 1.807) is 0 Å². The van der Waals surface area contributed by atoms with Gasteiger partial charge in [-0.2, -0.15) is 8.78 Å². The van der Waals surface area contributed by atoms with Gasteiger partial charge in [-0.05, 0) is 48.5 Å². The predicted molar refractivity (Wildman–Crippen MR) is 82.1 cm³/mol. The number of thioether (sulfide) groups is 1. The highest BCUT2D eigenvalue weighted by Gasteiger charge is 2.14. The maximum Gasteiger partial charge on any atom is 0.288 e. The highest BCUT2D eigenvalue weighted by atomic mass is 32.2. The molecule has 0 aromatic heterocycles. The van der Waals surface area contributed by atoms with E-state index >= 15 is 0 Å². The molecule has 0 radical (unpaired) electrons. The number of hydrogen-bond donors (Lipinski definition) is 1. The van der Waals surface area contributed by atoms with Gasteiger partial charge in [0.15, 0.2) is 0 Å². The van der Waals surface area contributed by atoms with Crippen molar-refractivity contribution in [2.75, 3.05) is 11.8 Å². The van der Waals surface area contributed by atoms with Crippen LogP contribution in [0.5, 0.6) is 5.75 Å². The number of methoxy groups -OCH3 is 1. The van der Waals surface area contributed by atoms with Gasteiger partial charge < -0.3 is 4.74 Å². The van der Waals surface area contributed by atoms with Crippen LogP contribution in [0.25, 0.3) is 0 Å². The average molecular weight is 345 g/mol. The van der Waals surface area contributed by atoms with Gasteiger partial charge in [0.1, 0.15) is 5.75 Å². The van der Waals surface area contributed by atoms with Gasteiger partial charge in [-0.1, -0.05) is 11.8 Å². The molecule has 0 saturated carbocycles. The number of sulfonamides is 1. The SMILES string of the molecule is COc1ccc(S(=O)(=O)Nc2ccc(SC(F)F)cc2)cc1. The Bertz CT molecular complexity index is 717. The van der Waals surface area contributed by atoms with Crippen LogP contribution in [0.2, 0.25) is 0 Å². The summed E-state index contributed by atoms with van der Waals surface area (Å²) in [6.07, 6.45) is 0. The van der Waals surface area contributed by atoms with Crippen LogP contribution in [0, 0.1) is 0 Å². The molecule has 2 aromatic carbocycles. The molecular formula is C14H13F2NO3S2. The Hall–Kier alpha value is -1.80. The standard InChI is InChI=1S/C14H13F2NO3S2/c1-20-11-4-8-13(9-5-11)22(18,19)17-10-2-6-12(7-3-10)21-14(15)16/h2-9,14,17H,1H3. The highest BCUT2D eigenvalue weighted by Crippen LogP contribution is 2.27. The monoisotopic (exact) mass is 345 g/mol. The molecule has 0 aliphatic carbocycles. The Morgan fingerprint density at radius 2 is 1.64 bits per heavy atom. The number of benzene rings is 2. The zero-order valence-corrected chi connectivity index (χ0v) is 13.1. The minimum absolute atomic E-state index is 0.0827. The van der Waals surface area contributed by atoms with E-state index in [2.05, 4.69) is 4.72 Å². The highest BCUT2D eigenvalue weighted by molar-refractivity contribution is 7.99. The van der Waals surface area contributed by atoms with E-state index in [9.17, 15) is 17.2 Å². The number of halogens is 2. The zero-order chi connectivity index (χ0) is 16.2. The van der Waals surface area contributed by atoms with Crippen molar-refractivity contribution in [3.05, 3.63) is 48.5 Å². The molecule has 8 heteroatoms. The van der Waals surface area contributed by atoms with Crippen LogP contribution in [-0.2, 0) is 10.0 Å². The molecule has 0 fully saturated rings. The molecule has 0 atom stereocenters. The van der Waals surface area contributed by atoms with Crippen molar-refractivity contribution >= 4 is 27.5 Å². The van der Waals surface area contributed by atoms with Crippen LogP contribution in [0.4, 0.5) is 14.5 Å². The van der Waals surface area contributed by atoms with Crippen molar-refractivity contribution < 1.29 is 21.9 Å². The quantitative estimate of drug-likeness (QED) is 0.809. The smallest absolute Gasteiger partial charge is 0.288 e. The largest absolute Gasteiger partial charge is 0.497 e. The Morgan fingerprint density at radius 3 is 2.14 bits per heavy atom. The maximum atomic E-state index is 12.2. The Labute approximate surface area is 131 Å². The minimum Gasteiger partial charge on any atom is -0.497 e. The number of hydrogen-bond acceptors (Lipinski definition) is 4. The van der Waals surface area contributed by atoms with Crippen molar-refractivity contribution in [2.45, 2.75) is 15.5 Å². The van der Waals surface area contributed by atoms with E-state index in [1.807, 2.05) is 0 Å². The van der Waals surface area contributed by atoms with E-state index in [0.717, 1.165) is 0 Å². The van der Waals surface area contributed by atoms with Gasteiger partial charge in [-0.25, -0.2) is 8.42 Å². The van der Waals surface area contributed by atoms with Gasteiger partial charge >= 0.3 is 0 Å². The van der Waals surface area contributed by atoms with Crippen molar-refractivity contribution in [2.24, 2.45) is 0 Å². The fraction of sp³-hybridized carbons (Fsp3) is 0.143. The third-order valence-electron chi connectivity index (χ3n) is 2.70. The van der Waals surface area contributed by atoms with Gasteiger partial charge in [-0.3, -0.25) is 4.72 Å². The number of ether oxygens (including phenoxy) is 1. The summed E-state index contributed by atoms with van der Waals surface area (Å²) in [5.74, 6) is -1.96. The van der Waals surface area contributed by atoms with Crippen LogP contribution in [0.1, 0.15) is 0 Å². The second-order valence-electron chi connectivity index (χ2n) is 4.18. The molecule has 0 bridgehead atoms. The van der Waals surface area contributed by atoms with Crippen LogP contribution in [0.15, 0.2) is 58.3 Å². The molecule has 0 aliphatic heterocycles. The molecule has 0 saturated heterocycles. The molecule has 0 amide bonds. The normalized spacial score (nSPS) is 11.5. The fourth-order valence-corrected chi connectivity index (χ4v) is 3.23. The average Bonchev–Trinajstić information content (AvgIpc) is 2.48. The molecule has 1 N–H and O–H groups in total. The van der Waals surface area contributed by atoms with Crippen molar-refractivity contribution in [3.63, 3.8) is 0 Å². The summed E-state index contributed by atoms with van der Waals surface area (Å²) in [7, 11) is -2.25. The lowest BCUT2D eigenvalue weighted by atomic mass is 10.3. The molecule has 0 heterocycles. The summed E-state index contributed by atoms with van der Waals surface area (Å²) >= 11 is 0.401. The molecule has 2 aromatic rings. The first-order valence-electron chi connectivity index (χ1n) is 6.12.